The Morgan fingerprint density at radius 1 is 1.33 bits per heavy atom. The normalized spacial score (nSPS) is 12.4. The van der Waals surface area contributed by atoms with E-state index in [0.29, 0.717) is 11.6 Å². The van der Waals surface area contributed by atoms with Crippen LogP contribution in [0.4, 0.5) is 0 Å². The third kappa shape index (κ3) is 6.23. The molecule has 0 saturated heterocycles. The number of nitrogens with zero attached hydrogens (tertiary/aromatic N) is 1. The first-order chi connectivity index (χ1) is 11.1. The Kier molecular flexibility index (Phi) is 9.65. The lowest BCUT2D eigenvalue weighted by atomic mass is 10.1. The van der Waals surface area contributed by atoms with E-state index in [-0.39, 0.29) is 30.1 Å². The van der Waals surface area contributed by atoms with Crippen LogP contribution in [0, 0.1) is 6.92 Å². The quantitative estimate of drug-likeness (QED) is 0.367. The monoisotopic (exact) mass is 479 g/mol. The highest BCUT2D eigenvalue weighted by Gasteiger charge is 2.12. The van der Waals surface area contributed by atoms with E-state index < -0.39 is 0 Å². The molecule has 7 heteroatoms. The van der Waals surface area contributed by atoms with Crippen molar-refractivity contribution in [1.82, 2.24) is 10.6 Å². The van der Waals surface area contributed by atoms with Crippen molar-refractivity contribution in [3.05, 3.63) is 56.7 Å². The molecule has 0 fully saturated rings. The Bertz CT molecular complexity index is 663. The number of hydrogen-bond acceptors (Lipinski definition) is 3. The van der Waals surface area contributed by atoms with E-state index in [9.17, 15) is 0 Å². The Morgan fingerprint density at radius 2 is 2.12 bits per heavy atom. The zero-order valence-corrected chi connectivity index (χ0v) is 17.9. The Hall–Kier alpha value is -0.830. The molecule has 1 aromatic heterocycles. The molecular weight excluding hydrogens is 457 g/mol. The molecule has 24 heavy (non-hydrogen) atoms. The number of methoxy groups -OCH3 is 1. The molecule has 4 nitrogen and oxygen atoms in total. The van der Waals surface area contributed by atoms with Crippen molar-refractivity contribution in [2.75, 3.05) is 20.7 Å². The van der Waals surface area contributed by atoms with Gasteiger partial charge in [0.2, 0.25) is 0 Å². The number of thiophene rings is 1. The second-order valence-corrected chi connectivity index (χ2v) is 6.55. The summed E-state index contributed by atoms with van der Waals surface area (Å²) in [5.41, 5.74) is 2.34. The number of rotatable bonds is 6. The molecule has 0 bridgehead atoms. The Labute approximate surface area is 169 Å². The topological polar surface area (TPSA) is 45.7 Å². The second kappa shape index (κ2) is 10.9. The van der Waals surface area contributed by atoms with E-state index in [1.54, 1.807) is 25.5 Å². The van der Waals surface area contributed by atoms with Crippen molar-refractivity contribution in [3.8, 4) is 0 Å². The summed E-state index contributed by atoms with van der Waals surface area (Å²) in [7, 11) is 3.45. The van der Waals surface area contributed by atoms with Gasteiger partial charge < -0.3 is 15.4 Å². The lowest BCUT2D eigenvalue weighted by molar-refractivity contribution is 0.106. The van der Waals surface area contributed by atoms with E-state index in [2.05, 4.69) is 34.0 Å². The summed E-state index contributed by atoms with van der Waals surface area (Å²) < 4.78 is 5.55. The van der Waals surface area contributed by atoms with Gasteiger partial charge in [0, 0.05) is 30.6 Å². The second-order valence-electron chi connectivity index (χ2n) is 5.11. The van der Waals surface area contributed by atoms with Crippen molar-refractivity contribution < 1.29 is 4.74 Å². The zero-order chi connectivity index (χ0) is 16.7. The Balaban J connectivity index is 0.00000288. The predicted octanol–water partition coefficient (Wildman–Crippen LogP) is 4.38. The number of ether oxygens (including phenoxy) is 1. The molecule has 0 amide bonds. The smallest absolute Gasteiger partial charge is 0.191 e. The van der Waals surface area contributed by atoms with E-state index in [1.807, 2.05) is 24.3 Å². The maximum atomic E-state index is 6.05. The van der Waals surface area contributed by atoms with Crippen LogP contribution < -0.4 is 10.6 Å². The molecule has 0 radical (unpaired) electrons. The first-order valence-corrected chi connectivity index (χ1v) is 8.65. The van der Waals surface area contributed by atoms with E-state index in [1.165, 1.54) is 10.4 Å². The van der Waals surface area contributed by atoms with Gasteiger partial charge in [-0.15, -0.1) is 35.3 Å². The number of benzene rings is 1. The van der Waals surface area contributed by atoms with Crippen molar-refractivity contribution in [3.63, 3.8) is 0 Å². The SMILES string of the molecule is CN=C(NCc1sccc1C)NCC(OC)c1cccc(Cl)c1.I. The third-order valence-electron chi connectivity index (χ3n) is 3.57. The number of guanidine groups is 1. The molecule has 132 valence electrons. The van der Waals surface area contributed by atoms with Gasteiger partial charge in [0.05, 0.1) is 12.6 Å². The number of aliphatic imine (C=N–C) groups is 1. The summed E-state index contributed by atoms with van der Waals surface area (Å²) in [6.07, 6.45) is -0.0873. The standard InChI is InChI=1S/C17H22ClN3OS.HI/c1-12-7-8-23-16(12)11-21-17(19-2)20-10-15(22-3)13-5-4-6-14(18)9-13;/h4-9,15H,10-11H2,1-3H3,(H2,19,20,21);1H. The molecule has 2 N–H and O–H groups in total. The molecule has 0 saturated carbocycles. The highest BCUT2D eigenvalue weighted by molar-refractivity contribution is 14.0. The first kappa shape index (κ1) is 21.2. The molecule has 1 unspecified atom stereocenters. The van der Waals surface area contributed by atoms with Crippen LogP contribution in [0.15, 0.2) is 40.7 Å². The largest absolute Gasteiger partial charge is 0.375 e. The third-order valence-corrected chi connectivity index (χ3v) is 4.83. The molecule has 0 aliphatic rings. The van der Waals surface area contributed by atoms with Gasteiger partial charge in [0.1, 0.15) is 0 Å². The number of halogens is 2. The zero-order valence-electron chi connectivity index (χ0n) is 14.0. The number of aryl methyl sites for hydroxylation is 1. The van der Waals surface area contributed by atoms with Crippen LogP contribution in [-0.4, -0.2) is 26.7 Å². The molecule has 2 rings (SSSR count). The molecule has 0 spiro atoms. The van der Waals surface area contributed by atoms with Gasteiger partial charge in [-0.1, -0.05) is 23.7 Å². The lowest BCUT2D eigenvalue weighted by Gasteiger charge is -2.19. The molecule has 2 aromatic rings. The van der Waals surface area contributed by atoms with Gasteiger partial charge in [-0.2, -0.15) is 0 Å². The average molecular weight is 480 g/mol. The van der Waals surface area contributed by atoms with Gasteiger partial charge in [-0.3, -0.25) is 4.99 Å². The minimum absolute atomic E-state index is 0. The van der Waals surface area contributed by atoms with Gasteiger partial charge in [-0.25, -0.2) is 0 Å². The Morgan fingerprint density at radius 3 is 2.71 bits per heavy atom. The average Bonchev–Trinajstić information content (AvgIpc) is 2.96. The van der Waals surface area contributed by atoms with Gasteiger partial charge in [-0.05, 0) is 41.6 Å². The molecular formula is C17H23ClIN3OS. The van der Waals surface area contributed by atoms with Crippen LogP contribution in [0.2, 0.25) is 5.02 Å². The fraction of sp³-hybridized carbons (Fsp3) is 0.353. The highest BCUT2D eigenvalue weighted by atomic mass is 127. The van der Waals surface area contributed by atoms with Crippen LogP contribution >= 0.6 is 46.9 Å². The summed E-state index contributed by atoms with van der Waals surface area (Å²) in [5, 5.41) is 9.43. The van der Waals surface area contributed by atoms with Gasteiger partial charge in [0.25, 0.3) is 0 Å². The highest BCUT2D eigenvalue weighted by Crippen LogP contribution is 2.19. The van der Waals surface area contributed by atoms with Crippen molar-refractivity contribution in [1.29, 1.82) is 0 Å². The summed E-state index contributed by atoms with van der Waals surface area (Å²) in [5.74, 6) is 0.752. The molecule has 1 atom stereocenters. The minimum atomic E-state index is -0.0873. The molecule has 1 aromatic carbocycles. The van der Waals surface area contributed by atoms with Crippen LogP contribution in [0.25, 0.3) is 0 Å². The summed E-state index contributed by atoms with van der Waals surface area (Å²) >= 11 is 7.79. The molecule has 0 aliphatic carbocycles. The number of hydrogen-bond donors (Lipinski definition) is 2. The molecule has 1 heterocycles. The van der Waals surface area contributed by atoms with E-state index in [4.69, 9.17) is 16.3 Å². The summed E-state index contributed by atoms with van der Waals surface area (Å²) in [6, 6.07) is 9.83. The van der Waals surface area contributed by atoms with Gasteiger partial charge >= 0.3 is 0 Å². The summed E-state index contributed by atoms with van der Waals surface area (Å²) in [6.45, 7) is 3.49. The maximum absolute atomic E-state index is 6.05. The van der Waals surface area contributed by atoms with Crippen molar-refractivity contribution >= 4 is 52.9 Å². The lowest BCUT2D eigenvalue weighted by Crippen LogP contribution is -2.39. The van der Waals surface area contributed by atoms with E-state index in [0.717, 1.165) is 18.1 Å². The summed E-state index contributed by atoms with van der Waals surface area (Å²) in [4.78, 5) is 5.56. The van der Waals surface area contributed by atoms with Crippen LogP contribution in [0.3, 0.4) is 0 Å². The fourth-order valence-corrected chi connectivity index (χ4v) is 3.25. The van der Waals surface area contributed by atoms with Crippen LogP contribution in [0.5, 0.6) is 0 Å². The molecule has 0 aliphatic heterocycles. The minimum Gasteiger partial charge on any atom is -0.375 e. The van der Waals surface area contributed by atoms with Crippen LogP contribution in [-0.2, 0) is 11.3 Å². The first-order valence-electron chi connectivity index (χ1n) is 7.39. The van der Waals surface area contributed by atoms with Crippen molar-refractivity contribution in [2.45, 2.75) is 19.6 Å². The van der Waals surface area contributed by atoms with E-state index >= 15 is 0 Å². The van der Waals surface area contributed by atoms with Gasteiger partial charge in [0.15, 0.2) is 5.96 Å². The van der Waals surface area contributed by atoms with Crippen molar-refractivity contribution in [2.24, 2.45) is 4.99 Å². The fourth-order valence-electron chi connectivity index (χ4n) is 2.20. The predicted molar refractivity (Wildman–Crippen MR) is 114 cm³/mol. The van der Waals surface area contributed by atoms with Crippen LogP contribution in [0.1, 0.15) is 22.1 Å². The number of nitrogens with one attached hydrogen (secondary N) is 2. The maximum Gasteiger partial charge on any atom is 0.191 e.